The zero-order chi connectivity index (χ0) is 24.8. The van der Waals surface area contributed by atoms with Crippen LogP contribution in [0.2, 0.25) is 0 Å². The Balaban J connectivity index is 1.42. The minimum Gasteiger partial charge on any atom is -0.478 e. The molecular weight excluding hydrogens is 444 g/mol. The fraction of sp³-hybridized carbons (Fsp3) is 0.192. The molecule has 2 aromatic carbocycles. The van der Waals surface area contributed by atoms with Crippen LogP contribution in [-0.2, 0) is 6.54 Å². The molecule has 0 aliphatic rings. The number of aromatic carboxylic acids is 1. The number of para-hydroxylation sites is 1. The third kappa shape index (κ3) is 5.89. The number of carboxylic acid groups (broad SMARTS) is 1. The molecule has 2 heterocycles. The van der Waals surface area contributed by atoms with Gasteiger partial charge in [0.1, 0.15) is 18.0 Å². The van der Waals surface area contributed by atoms with E-state index in [-0.39, 0.29) is 11.5 Å². The quantitative estimate of drug-likeness (QED) is 0.278. The van der Waals surface area contributed by atoms with Crippen molar-refractivity contribution in [3.05, 3.63) is 83.8 Å². The van der Waals surface area contributed by atoms with Gasteiger partial charge in [-0.1, -0.05) is 32.0 Å². The molecule has 0 saturated carbocycles. The summed E-state index contributed by atoms with van der Waals surface area (Å²) >= 11 is 0. The van der Waals surface area contributed by atoms with Crippen molar-refractivity contribution in [2.45, 2.75) is 20.4 Å². The van der Waals surface area contributed by atoms with Gasteiger partial charge in [0, 0.05) is 30.4 Å². The van der Waals surface area contributed by atoms with Crippen molar-refractivity contribution < 1.29 is 14.7 Å². The highest BCUT2D eigenvalue weighted by Crippen LogP contribution is 2.23. The van der Waals surface area contributed by atoms with Crippen molar-refractivity contribution in [3.63, 3.8) is 0 Å². The molecule has 0 bridgehead atoms. The van der Waals surface area contributed by atoms with Crippen molar-refractivity contribution in [2.75, 3.05) is 22.5 Å². The number of benzene rings is 2. The zero-order valence-electron chi connectivity index (χ0n) is 19.4. The molecule has 9 nitrogen and oxygen atoms in total. The highest BCUT2D eigenvalue weighted by molar-refractivity contribution is 6.05. The van der Waals surface area contributed by atoms with E-state index < -0.39 is 5.97 Å². The Kier molecular flexibility index (Phi) is 7.15. The van der Waals surface area contributed by atoms with Crippen LogP contribution >= 0.6 is 0 Å². The number of nitrogens with one attached hydrogen (secondary N) is 3. The van der Waals surface area contributed by atoms with E-state index in [2.05, 4.69) is 44.7 Å². The maximum Gasteiger partial charge on any atom is 0.337 e. The molecule has 9 heteroatoms. The molecule has 0 spiro atoms. The minimum atomic E-state index is -1.04. The van der Waals surface area contributed by atoms with E-state index in [4.69, 9.17) is 0 Å². The SMILES string of the molecule is CC(C)CNc1ccc(C(=O)Nc2cccc(CNc3ncnc4c(C(=O)O)cccc34)c2)cn1. The van der Waals surface area contributed by atoms with Gasteiger partial charge in [0.25, 0.3) is 5.91 Å². The highest BCUT2D eigenvalue weighted by atomic mass is 16.4. The molecule has 35 heavy (non-hydrogen) atoms. The molecule has 4 aromatic rings. The van der Waals surface area contributed by atoms with Gasteiger partial charge in [0.05, 0.1) is 16.6 Å². The molecule has 0 atom stereocenters. The lowest BCUT2D eigenvalue weighted by atomic mass is 10.1. The van der Waals surface area contributed by atoms with Gasteiger partial charge in [-0.25, -0.2) is 19.7 Å². The van der Waals surface area contributed by atoms with Gasteiger partial charge in [0.2, 0.25) is 0 Å². The van der Waals surface area contributed by atoms with Gasteiger partial charge in [-0.05, 0) is 47.9 Å². The van der Waals surface area contributed by atoms with Crippen molar-refractivity contribution in [1.29, 1.82) is 0 Å². The summed E-state index contributed by atoms with van der Waals surface area (Å²) in [6.07, 6.45) is 2.89. The Bertz CT molecular complexity index is 1360. The van der Waals surface area contributed by atoms with E-state index in [1.54, 1.807) is 30.5 Å². The number of carboxylic acids is 1. The number of hydrogen-bond donors (Lipinski definition) is 4. The number of anilines is 3. The third-order valence-electron chi connectivity index (χ3n) is 5.26. The number of pyridine rings is 1. The van der Waals surface area contributed by atoms with E-state index in [0.717, 1.165) is 17.9 Å². The molecule has 4 N–H and O–H groups in total. The summed E-state index contributed by atoms with van der Waals surface area (Å²) in [5.74, 6) is 0.471. The van der Waals surface area contributed by atoms with Gasteiger partial charge in [-0.3, -0.25) is 4.79 Å². The van der Waals surface area contributed by atoms with Crippen LogP contribution < -0.4 is 16.0 Å². The second-order valence-electron chi connectivity index (χ2n) is 8.44. The Morgan fingerprint density at radius 2 is 1.80 bits per heavy atom. The number of rotatable bonds is 9. The number of nitrogens with zero attached hydrogens (tertiary/aromatic N) is 3. The summed E-state index contributed by atoms with van der Waals surface area (Å²) in [6.45, 7) is 5.46. The lowest BCUT2D eigenvalue weighted by molar-refractivity contribution is 0.0698. The van der Waals surface area contributed by atoms with E-state index in [1.807, 2.05) is 24.3 Å². The first-order valence-electron chi connectivity index (χ1n) is 11.2. The fourth-order valence-electron chi connectivity index (χ4n) is 3.49. The van der Waals surface area contributed by atoms with E-state index in [9.17, 15) is 14.7 Å². The average molecular weight is 471 g/mol. The number of fused-ring (bicyclic) bond motifs is 1. The summed E-state index contributed by atoms with van der Waals surface area (Å²) in [5.41, 5.74) is 2.52. The number of carbonyl (C=O) groups excluding carboxylic acids is 1. The van der Waals surface area contributed by atoms with Crippen LogP contribution in [0.5, 0.6) is 0 Å². The van der Waals surface area contributed by atoms with Crippen LogP contribution in [0, 0.1) is 5.92 Å². The first kappa shape index (κ1) is 23.6. The normalized spacial score (nSPS) is 10.8. The lowest BCUT2D eigenvalue weighted by Gasteiger charge is -2.11. The fourth-order valence-corrected chi connectivity index (χ4v) is 3.49. The molecule has 4 rings (SSSR count). The molecule has 0 aliphatic carbocycles. The number of hydrogen-bond acceptors (Lipinski definition) is 7. The van der Waals surface area contributed by atoms with Crippen molar-refractivity contribution in [2.24, 2.45) is 5.92 Å². The monoisotopic (exact) mass is 470 g/mol. The van der Waals surface area contributed by atoms with Crippen molar-refractivity contribution >= 4 is 40.1 Å². The third-order valence-corrected chi connectivity index (χ3v) is 5.26. The van der Waals surface area contributed by atoms with Gasteiger partial charge in [-0.2, -0.15) is 0 Å². The van der Waals surface area contributed by atoms with Crippen LogP contribution in [0.1, 0.15) is 40.1 Å². The standard InChI is InChI=1S/C26H26N6O3/c1-16(2)12-27-22-10-9-18(14-28-22)25(33)32-19-6-3-5-17(11-19)13-29-24-20-7-4-8-21(26(34)35)23(20)30-15-31-24/h3-11,14-16H,12-13H2,1-2H3,(H,27,28)(H,32,33)(H,34,35)(H,29,30,31). The Hall–Kier alpha value is -4.53. The second kappa shape index (κ2) is 10.6. The Labute approximate surface area is 202 Å². The predicted molar refractivity (Wildman–Crippen MR) is 136 cm³/mol. The van der Waals surface area contributed by atoms with Gasteiger partial charge in [-0.15, -0.1) is 0 Å². The second-order valence-corrected chi connectivity index (χ2v) is 8.44. The summed E-state index contributed by atoms with van der Waals surface area (Å²) in [4.78, 5) is 36.8. The number of carbonyl (C=O) groups is 2. The summed E-state index contributed by atoms with van der Waals surface area (Å²) in [7, 11) is 0. The summed E-state index contributed by atoms with van der Waals surface area (Å²) in [5, 5.41) is 19.4. The average Bonchev–Trinajstić information content (AvgIpc) is 2.86. The van der Waals surface area contributed by atoms with Crippen LogP contribution in [0.4, 0.5) is 17.3 Å². The molecule has 0 fully saturated rings. The van der Waals surface area contributed by atoms with Crippen LogP contribution in [0.25, 0.3) is 10.9 Å². The van der Waals surface area contributed by atoms with Crippen LogP contribution in [0.3, 0.4) is 0 Å². The molecule has 2 aromatic heterocycles. The minimum absolute atomic E-state index is 0.121. The number of amides is 1. The molecule has 0 radical (unpaired) electrons. The Morgan fingerprint density at radius 3 is 2.54 bits per heavy atom. The smallest absolute Gasteiger partial charge is 0.337 e. The lowest BCUT2D eigenvalue weighted by Crippen LogP contribution is -2.14. The zero-order valence-corrected chi connectivity index (χ0v) is 19.4. The van der Waals surface area contributed by atoms with E-state index >= 15 is 0 Å². The Morgan fingerprint density at radius 1 is 0.971 bits per heavy atom. The molecule has 178 valence electrons. The van der Waals surface area contributed by atoms with E-state index in [0.29, 0.717) is 40.4 Å². The molecular formula is C26H26N6O3. The molecule has 0 aliphatic heterocycles. The van der Waals surface area contributed by atoms with E-state index in [1.165, 1.54) is 12.4 Å². The maximum atomic E-state index is 12.7. The number of aromatic nitrogens is 3. The van der Waals surface area contributed by atoms with Crippen LogP contribution in [-0.4, -0.2) is 38.5 Å². The topological polar surface area (TPSA) is 129 Å². The van der Waals surface area contributed by atoms with Crippen molar-refractivity contribution in [1.82, 2.24) is 15.0 Å². The van der Waals surface area contributed by atoms with Crippen LogP contribution in [0.15, 0.2) is 67.1 Å². The molecule has 0 saturated heterocycles. The predicted octanol–water partition coefficient (Wildman–Crippen LogP) is 4.66. The molecule has 0 unspecified atom stereocenters. The largest absolute Gasteiger partial charge is 0.478 e. The van der Waals surface area contributed by atoms with Crippen molar-refractivity contribution in [3.8, 4) is 0 Å². The van der Waals surface area contributed by atoms with Gasteiger partial charge < -0.3 is 21.1 Å². The summed E-state index contributed by atoms with van der Waals surface area (Å²) < 4.78 is 0. The van der Waals surface area contributed by atoms with Gasteiger partial charge in [0.15, 0.2) is 0 Å². The van der Waals surface area contributed by atoms with Gasteiger partial charge >= 0.3 is 5.97 Å². The maximum absolute atomic E-state index is 12.7. The highest BCUT2D eigenvalue weighted by Gasteiger charge is 2.12. The molecule has 1 amide bonds. The summed E-state index contributed by atoms with van der Waals surface area (Å²) in [6, 6.07) is 15.9. The first-order chi connectivity index (χ1) is 16.9. The first-order valence-corrected chi connectivity index (χ1v) is 11.2.